The van der Waals surface area contributed by atoms with E-state index in [-0.39, 0.29) is 5.91 Å². The van der Waals surface area contributed by atoms with E-state index in [0.29, 0.717) is 11.9 Å². The number of hydrogen-bond donors (Lipinski definition) is 1. The van der Waals surface area contributed by atoms with Crippen LogP contribution in [0.5, 0.6) is 0 Å². The predicted octanol–water partition coefficient (Wildman–Crippen LogP) is 2.10. The first-order valence-electron chi connectivity index (χ1n) is 7.56. The number of hydrogen-bond acceptors (Lipinski definition) is 5. The monoisotopic (exact) mass is 319 g/mol. The van der Waals surface area contributed by atoms with Crippen molar-refractivity contribution >= 4 is 23.1 Å². The number of carbonyl (C=O) groups is 1. The summed E-state index contributed by atoms with van der Waals surface area (Å²) in [5, 5.41) is 10.4. The minimum atomic E-state index is -0.0862. The fourth-order valence-electron chi connectivity index (χ4n) is 2.82. The molecule has 0 radical (unpaired) electrons. The molecule has 0 unspecified atom stereocenters. The van der Waals surface area contributed by atoms with E-state index in [0.717, 1.165) is 37.5 Å². The number of carbonyl (C=O) groups excluding carboxylic acids is 1. The van der Waals surface area contributed by atoms with Crippen molar-refractivity contribution in [1.82, 2.24) is 19.7 Å². The van der Waals surface area contributed by atoms with E-state index in [1.165, 1.54) is 12.6 Å². The molecule has 0 aromatic carbocycles. The third kappa shape index (κ3) is 3.72. The van der Waals surface area contributed by atoms with Crippen LogP contribution in [-0.4, -0.2) is 45.2 Å². The van der Waals surface area contributed by atoms with Gasteiger partial charge in [-0.05, 0) is 13.3 Å². The Morgan fingerprint density at radius 3 is 3.14 bits per heavy atom. The van der Waals surface area contributed by atoms with Crippen LogP contribution < -0.4 is 5.32 Å². The third-order valence-corrected chi connectivity index (χ3v) is 4.71. The second kappa shape index (κ2) is 6.58. The van der Waals surface area contributed by atoms with Crippen molar-refractivity contribution < 1.29 is 4.79 Å². The fraction of sp³-hybridized carbons (Fsp3) is 0.533. The molecule has 1 N–H and O–H groups in total. The van der Waals surface area contributed by atoms with Crippen molar-refractivity contribution in [3.63, 3.8) is 0 Å². The van der Waals surface area contributed by atoms with E-state index < -0.39 is 0 Å². The number of nitrogens with zero attached hydrogens (tertiary/aromatic N) is 4. The first kappa shape index (κ1) is 15.2. The molecule has 1 saturated heterocycles. The maximum absolute atomic E-state index is 11.0. The molecule has 1 amide bonds. The van der Waals surface area contributed by atoms with Crippen LogP contribution in [0.2, 0.25) is 0 Å². The van der Waals surface area contributed by atoms with Gasteiger partial charge < -0.3 is 10.2 Å². The summed E-state index contributed by atoms with van der Waals surface area (Å²) < 4.78 is 1.97. The van der Waals surface area contributed by atoms with Crippen LogP contribution in [0.1, 0.15) is 30.1 Å². The zero-order valence-electron chi connectivity index (χ0n) is 13.0. The standard InChI is InChI=1S/C15H21N5OS/c1-11(21)16-15-5-8-20(18-15)14-4-7-19(9-14)6-3-13-10-22-12(2)17-13/h5,8,10,14H,3-4,6-7,9H2,1-2H3,(H,16,18,21)/t14-/m0/s1. The van der Waals surface area contributed by atoms with Gasteiger partial charge in [-0.3, -0.25) is 9.48 Å². The van der Waals surface area contributed by atoms with Gasteiger partial charge >= 0.3 is 0 Å². The van der Waals surface area contributed by atoms with Gasteiger partial charge in [-0.15, -0.1) is 11.3 Å². The highest BCUT2D eigenvalue weighted by atomic mass is 32.1. The Kier molecular flexibility index (Phi) is 4.54. The highest BCUT2D eigenvalue weighted by Crippen LogP contribution is 2.22. The van der Waals surface area contributed by atoms with Crippen molar-refractivity contribution in [2.45, 2.75) is 32.7 Å². The quantitative estimate of drug-likeness (QED) is 0.917. The van der Waals surface area contributed by atoms with Gasteiger partial charge in [0.05, 0.1) is 16.7 Å². The molecule has 7 heteroatoms. The first-order valence-corrected chi connectivity index (χ1v) is 8.44. The molecule has 6 nitrogen and oxygen atoms in total. The fourth-order valence-corrected chi connectivity index (χ4v) is 3.46. The Morgan fingerprint density at radius 2 is 2.41 bits per heavy atom. The van der Waals surface area contributed by atoms with Crippen molar-refractivity contribution in [1.29, 1.82) is 0 Å². The van der Waals surface area contributed by atoms with Gasteiger partial charge in [0.2, 0.25) is 5.91 Å². The summed E-state index contributed by atoms with van der Waals surface area (Å²) in [5.74, 6) is 0.542. The van der Waals surface area contributed by atoms with E-state index in [1.807, 2.05) is 23.9 Å². The average Bonchev–Trinajstić information content (AvgIpc) is 3.16. The molecule has 0 bridgehead atoms. The molecule has 2 aromatic heterocycles. The Morgan fingerprint density at radius 1 is 1.55 bits per heavy atom. The van der Waals surface area contributed by atoms with Crippen LogP contribution in [0.4, 0.5) is 5.82 Å². The van der Waals surface area contributed by atoms with Gasteiger partial charge in [0, 0.05) is 50.6 Å². The molecule has 1 fully saturated rings. The van der Waals surface area contributed by atoms with E-state index in [1.54, 1.807) is 11.3 Å². The molecular weight excluding hydrogens is 298 g/mol. The van der Waals surface area contributed by atoms with Crippen molar-refractivity contribution in [2.75, 3.05) is 25.0 Å². The Bertz CT molecular complexity index is 650. The lowest BCUT2D eigenvalue weighted by Crippen LogP contribution is -2.24. The van der Waals surface area contributed by atoms with Gasteiger partial charge in [0.1, 0.15) is 0 Å². The minimum absolute atomic E-state index is 0.0862. The van der Waals surface area contributed by atoms with Crippen LogP contribution >= 0.6 is 11.3 Å². The second-order valence-corrected chi connectivity index (χ2v) is 6.78. The highest BCUT2D eigenvalue weighted by Gasteiger charge is 2.24. The number of amides is 1. The van der Waals surface area contributed by atoms with Crippen LogP contribution in [0.15, 0.2) is 17.6 Å². The highest BCUT2D eigenvalue weighted by molar-refractivity contribution is 7.09. The predicted molar refractivity (Wildman–Crippen MR) is 87.2 cm³/mol. The van der Waals surface area contributed by atoms with Gasteiger partial charge in [-0.1, -0.05) is 0 Å². The smallest absolute Gasteiger partial charge is 0.222 e. The lowest BCUT2D eigenvalue weighted by Gasteiger charge is -2.15. The number of aryl methyl sites for hydroxylation is 1. The molecule has 1 aliphatic heterocycles. The van der Waals surface area contributed by atoms with Crippen LogP contribution in [0.25, 0.3) is 0 Å². The molecule has 118 valence electrons. The first-order chi connectivity index (χ1) is 10.6. The maximum atomic E-state index is 11.0. The Hall–Kier alpha value is -1.73. The summed E-state index contributed by atoms with van der Waals surface area (Å²) in [5.41, 5.74) is 1.19. The number of likely N-dealkylation sites (tertiary alicyclic amines) is 1. The van der Waals surface area contributed by atoms with Crippen molar-refractivity contribution in [2.24, 2.45) is 0 Å². The summed E-state index contributed by atoms with van der Waals surface area (Å²) in [6.45, 7) is 6.67. The maximum Gasteiger partial charge on any atom is 0.222 e. The van der Waals surface area contributed by atoms with E-state index >= 15 is 0 Å². The van der Waals surface area contributed by atoms with Crippen LogP contribution in [0, 0.1) is 6.92 Å². The Balaban J connectivity index is 1.51. The Labute approximate surface area is 134 Å². The topological polar surface area (TPSA) is 63.1 Å². The molecule has 0 saturated carbocycles. The summed E-state index contributed by atoms with van der Waals surface area (Å²) in [6, 6.07) is 2.24. The molecule has 3 heterocycles. The molecular formula is C15H21N5OS. The number of anilines is 1. The summed E-state index contributed by atoms with van der Waals surface area (Å²) >= 11 is 1.71. The van der Waals surface area contributed by atoms with Crippen LogP contribution in [-0.2, 0) is 11.2 Å². The molecule has 0 spiro atoms. The van der Waals surface area contributed by atoms with E-state index in [9.17, 15) is 4.79 Å². The molecule has 1 atom stereocenters. The average molecular weight is 319 g/mol. The molecule has 2 aromatic rings. The summed E-state index contributed by atoms with van der Waals surface area (Å²) in [4.78, 5) is 18.0. The second-order valence-electron chi connectivity index (χ2n) is 5.71. The van der Waals surface area contributed by atoms with Crippen molar-refractivity contribution in [3.05, 3.63) is 28.3 Å². The molecule has 1 aliphatic rings. The zero-order valence-corrected chi connectivity index (χ0v) is 13.8. The van der Waals surface area contributed by atoms with E-state index in [4.69, 9.17) is 0 Å². The zero-order chi connectivity index (χ0) is 15.5. The SMILES string of the molecule is CC(=O)Nc1ccn([C@H]2CCN(CCc3csc(C)n3)C2)n1. The number of rotatable bonds is 5. The van der Waals surface area contributed by atoms with Gasteiger partial charge in [-0.2, -0.15) is 5.10 Å². The van der Waals surface area contributed by atoms with E-state index in [2.05, 4.69) is 25.7 Å². The minimum Gasteiger partial charge on any atom is -0.309 e. The van der Waals surface area contributed by atoms with Crippen molar-refractivity contribution in [3.8, 4) is 0 Å². The summed E-state index contributed by atoms with van der Waals surface area (Å²) in [7, 11) is 0. The normalized spacial score (nSPS) is 18.7. The largest absolute Gasteiger partial charge is 0.309 e. The lowest BCUT2D eigenvalue weighted by atomic mass is 10.3. The number of thiazole rings is 1. The van der Waals surface area contributed by atoms with Gasteiger partial charge in [0.25, 0.3) is 0 Å². The lowest BCUT2D eigenvalue weighted by molar-refractivity contribution is -0.114. The van der Waals surface area contributed by atoms with Crippen LogP contribution in [0.3, 0.4) is 0 Å². The molecule has 0 aliphatic carbocycles. The van der Waals surface area contributed by atoms with Gasteiger partial charge in [0.15, 0.2) is 5.82 Å². The third-order valence-electron chi connectivity index (χ3n) is 3.88. The molecule has 22 heavy (non-hydrogen) atoms. The summed E-state index contributed by atoms with van der Waals surface area (Å²) in [6.07, 6.45) is 4.05. The number of nitrogens with one attached hydrogen (secondary N) is 1. The molecule has 3 rings (SSSR count). The number of aromatic nitrogens is 3. The van der Waals surface area contributed by atoms with Gasteiger partial charge in [-0.25, -0.2) is 4.98 Å².